The Kier molecular flexibility index (Phi) is 3.71. The van der Waals surface area contributed by atoms with Crippen molar-refractivity contribution >= 4 is 17.1 Å². The van der Waals surface area contributed by atoms with Crippen molar-refractivity contribution in [2.45, 2.75) is 26.3 Å². The Bertz CT molecular complexity index is 393. The molecular weight excluding hydrogens is 206 g/mol. The Morgan fingerprint density at radius 1 is 1.56 bits per heavy atom. The Morgan fingerprint density at radius 2 is 2.19 bits per heavy atom. The van der Waals surface area contributed by atoms with Crippen molar-refractivity contribution in [3.8, 4) is 0 Å². The molecule has 0 fully saturated rings. The zero-order valence-corrected chi connectivity index (χ0v) is 9.80. The smallest absolute Gasteiger partial charge is 0.271 e. The highest BCUT2D eigenvalue weighted by Gasteiger charge is 2.14. The summed E-state index contributed by atoms with van der Waals surface area (Å²) in [4.78, 5) is 12.1. The minimum absolute atomic E-state index is 0.0267. The normalized spacial score (nSPS) is 12.2. The van der Waals surface area contributed by atoms with Gasteiger partial charge in [-0.1, -0.05) is 6.92 Å². The average molecular weight is 223 g/mol. The summed E-state index contributed by atoms with van der Waals surface area (Å²) in [7, 11) is 1.94. The van der Waals surface area contributed by atoms with Crippen molar-refractivity contribution in [2.75, 3.05) is 17.7 Å². The van der Waals surface area contributed by atoms with E-state index in [0.29, 0.717) is 11.7 Å². The van der Waals surface area contributed by atoms with E-state index in [4.69, 9.17) is 5.73 Å². The number of benzene rings is 1. The standard InChI is InChI=1S/C11H17N3O2/c1-4-8(2)13(3)11-6-5-9(14(15)16)7-10(11)12/h5-8H,4,12H2,1-3H3. The Morgan fingerprint density at radius 3 is 2.62 bits per heavy atom. The lowest BCUT2D eigenvalue weighted by molar-refractivity contribution is -0.384. The number of nitrogens with two attached hydrogens (primary N) is 1. The van der Waals surface area contributed by atoms with Crippen molar-refractivity contribution < 1.29 is 4.92 Å². The molecular formula is C11H17N3O2. The highest BCUT2D eigenvalue weighted by atomic mass is 16.6. The van der Waals surface area contributed by atoms with Gasteiger partial charge in [-0.2, -0.15) is 0 Å². The summed E-state index contributed by atoms with van der Waals surface area (Å²) in [6, 6.07) is 4.92. The van der Waals surface area contributed by atoms with E-state index in [1.807, 2.05) is 11.9 Å². The lowest BCUT2D eigenvalue weighted by Crippen LogP contribution is -2.28. The Labute approximate surface area is 95.0 Å². The predicted molar refractivity (Wildman–Crippen MR) is 65.7 cm³/mol. The first kappa shape index (κ1) is 12.3. The van der Waals surface area contributed by atoms with Crippen LogP contribution in [0.5, 0.6) is 0 Å². The third-order valence-electron chi connectivity index (χ3n) is 2.85. The topological polar surface area (TPSA) is 72.4 Å². The molecule has 0 saturated carbocycles. The van der Waals surface area contributed by atoms with E-state index in [1.54, 1.807) is 6.07 Å². The van der Waals surface area contributed by atoms with Gasteiger partial charge < -0.3 is 10.6 Å². The van der Waals surface area contributed by atoms with Gasteiger partial charge in [-0.15, -0.1) is 0 Å². The zero-order valence-electron chi connectivity index (χ0n) is 9.80. The highest BCUT2D eigenvalue weighted by Crippen LogP contribution is 2.28. The van der Waals surface area contributed by atoms with E-state index in [0.717, 1.165) is 12.1 Å². The summed E-state index contributed by atoms with van der Waals surface area (Å²) in [5.41, 5.74) is 7.11. The summed E-state index contributed by atoms with van der Waals surface area (Å²) in [5.74, 6) is 0. The summed E-state index contributed by atoms with van der Waals surface area (Å²) < 4.78 is 0. The van der Waals surface area contributed by atoms with Crippen LogP contribution in [0, 0.1) is 10.1 Å². The van der Waals surface area contributed by atoms with E-state index in [2.05, 4.69) is 13.8 Å². The second kappa shape index (κ2) is 4.83. The molecule has 1 aromatic carbocycles. The molecule has 0 saturated heterocycles. The maximum absolute atomic E-state index is 10.6. The molecule has 2 N–H and O–H groups in total. The summed E-state index contributed by atoms with van der Waals surface area (Å²) in [5, 5.41) is 10.6. The van der Waals surface area contributed by atoms with Gasteiger partial charge in [0.1, 0.15) is 0 Å². The predicted octanol–water partition coefficient (Wildman–Crippen LogP) is 2.41. The van der Waals surface area contributed by atoms with Gasteiger partial charge in [0.15, 0.2) is 0 Å². The summed E-state index contributed by atoms with van der Waals surface area (Å²) in [6.07, 6.45) is 0.993. The molecule has 0 amide bonds. The molecule has 1 atom stereocenters. The van der Waals surface area contributed by atoms with Gasteiger partial charge in [0.05, 0.1) is 16.3 Å². The molecule has 1 rings (SSSR count). The Balaban J connectivity index is 3.03. The molecule has 1 aromatic rings. The van der Waals surface area contributed by atoms with E-state index in [9.17, 15) is 10.1 Å². The van der Waals surface area contributed by atoms with Crippen LogP contribution in [0.2, 0.25) is 0 Å². The molecule has 0 aromatic heterocycles. The molecule has 0 spiro atoms. The maximum Gasteiger partial charge on any atom is 0.271 e. The fourth-order valence-electron chi connectivity index (χ4n) is 1.49. The van der Waals surface area contributed by atoms with Crippen LogP contribution in [0.4, 0.5) is 17.1 Å². The van der Waals surface area contributed by atoms with E-state index >= 15 is 0 Å². The first-order valence-electron chi connectivity index (χ1n) is 5.24. The number of nitro benzene ring substituents is 1. The fourth-order valence-corrected chi connectivity index (χ4v) is 1.49. The summed E-state index contributed by atoms with van der Waals surface area (Å²) in [6.45, 7) is 4.17. The van der Waals surface area contributed by atoms with Gasteiger partial charge in [0, 0.05) is 25.2 Å². The second-order valence-electron chi connectivity index (χ2n) is 3.87. The van der Waals surface area contributed by atoms with E-state index in [-0.39, 0.29) is 5.69 Å². The molecule has 0 aliphatic rings. The van der Waals surface area contributed by atoms with Crippen LogP contribution < -0.4 is 10.6 Å². The van der Waals surface area contributed by atoms with Crippen LogP contribution in [0.1, 0.15) is 20.3 Å². The molecule has 0 aliphatic carbocycles. The molecule has 5 nitrogen and oxygen atoms in total. The van der Waals surface area contributed by atoms with Crippen LogP contribution in [0.25, 0.3) is 0 Å². The highest BCUT2D eigenvalue weighted by molar-refractivity contribution is 5.70. The van der Waals surface area contributed by atoms with Gasteiger partial charge in [-0.3, -0.25) is 10.1 Å². The number of nitrogens with zero attached hydrogens (tertiary/aromatic N) is 2. The molecule has 5 heteroatoms. The second-order valence-corrected chi connectivity index (χ2v) is 3.87. The quantitative estimate of drug-likeness (QED) is 0.483. The lowest BCUT2D eigenvalue weighted by Gasteiger charge is -2.27. The largest absolute Gasteiger partial charge is 0.397 e. The maximum atomic E-state index is 10.6. The SMILES string of the molecule is CCC(C)N(C)c1ccc([N+](=O)[O-])cc1N. The molecule has 0 aliphatic heterocycles. The van der Waals surface area contributed by atoms with Gasteiger partial charge in [-0.25, -0.2) is 0 Å². The van der Waals surface area contributed by atoms with E-state index < -0.39 is 4.92 Å². The number of rotatable bonds is 4. The first-order valence-corrected chi connectivity index (χ1v) is 5.24. The zero-order chi connectivity index (χ0) is 12.3. The summed E-state index contributed by atoms with van der Waals surface area (Å²) >= 11 is 0. The van der Waals surface area contributed by atoms with Crippen molar-refractivity contribution in [1.29, 1.82) is 0 Å². The fraction of sp³-hybridized carbons (Fsp3) is 0.455. The molecule has 0 heterocycles. The van der Waals surface area contributed by atoms with Crippen LogP contribution in [-0.2, 0) is 0 Å². The third-order valence-corrected chi connectivity index (χ3v) is 2.85. The third kappa shape index (κ3) is 2.42. The number of hydrogen-bond acceptors (Lipinski definition) is 4. The lowest BCUT2D eigenvalue weighted by atomic mass is 10.1. The van der Waals surface area contributed by atoms with Crippen molar-refractivity contribution in [3.05, 3.63) is 28.3 Å². The Hall–Kier alpha value is -1.78. The van der Waals surface area contributed by atoms with Crippen LogP contribution in [-0.4, -0.2) is 18.0 Å². The van der Waals surface area contributed by atoms with Gasteiger partial charge in [-0.05, 0) is 19.4 Å². The van der Waals surface area contributed by atoms with Crippen LogP contribution in [0.15, 0.2) is 18.2 Å². The van der Waals surface area contributed by atoms with Crippen LogP contribution in [0.3, 0.4) is 0 Å². The number of nitrogen functional groups attached to an aromatic ring is 1. The number of nitro groups is 1. The molecule has 0 radical (unpaired) electrons. The molecule has 1 unspecified atom stereocenters. The molecule has 88 valence electrons. The molecule has 16 heavy (non-hydrogen) atoms. The number of anilines is 2. The van der Waals surface area contributed by atoms with Crippen molar-refractivity contribution in [1.82, 2.24) is 0 Å². The molecule has 0 bridgehead atoms. The van der Waals surface area contributed by atoms with Crippen molar-refractivity contribution in [2.24, 2.45) is 0 Å². The number of hydrogen-bond donors (Lipinski definition) is 1. The van der Waals surface area contributed by atoms with Crippen molar-refractivity contribution in [3.63, 3.8) is 0 Å². The van der Waals surface area contributed by atoms with E-state index in [1.165, 1.54) is 12.1 Å². The minimum atomic E-state index is -0.441. The van der Waals surface area contributed by atoms with Gasteiger partial charge >= 0.3 is 0 Å². The minimum Gasteiger partial charge on any atom is -0.397 e. The van der Waals surface area contributed by atoms with Gasteiger partial charge in [0.2, 0.25) is 0 Å². The monoisotopic (exact) mass is 223 g/mol. The van der Waals surface area contributed by atoms with Gasteiger partial charge in [0.25, 0.3) is 5.69 Å². The number of non-ortho nitro benzene ring substituents is 1. The average Bonchev–Trinajstić information content (AvgIpc) is 2.26. The first-order chi connectivity index (χ1) is 7.47. The van der Waals surface area contributed by atoms with Crippen LogP contribution >= 0.6 is 0 Å².